The molecular formula is C53H86O21. The molecule has 0 unspecified atom stereocenters. The van der Waals surface area contributed by atoms with Crippen LogP contribution in [-0.2, 0) is 42.7 Å². The number of hydrogen-bond acceptors (Lipinski definition) is 20. The van der Waals surface area contributed by atoms with Crippen LogP contribution in [0, 0.1) is 50.2 Å². The molecule has 74 heavy (non-hydrogen) atoms. The number of carboxylic acid groups (broad SMARTS) is 1. The van der Waals surface area contributed by atoms with Crippen LogP contribution in [0.2, 0.25) is 0 Å². The van der Waals surface area contributed by atoms with Crippen molar-refractivity contribution in [1.82, 2.24) is 0 Å². The number of aliphatic hydroxyl groups is 11. The van der Waals surface area contributed by atoms with E-state index in [2.05, 4.69) is 54.5 Å². The normalized spacial score (nSPS) is 54.1. The number of fused-ring (bicyclic) bond motifs is 7. The van der Waals surface area contributed by atoms with E-state index < -0.39 is 159 Å². The van der Waals surface area contributed by atoms with Crippen molar-refractivity contribution in [2.75, 3.05) is 19.8 Å². The molecule has 0 bridgehead atoms. The van der Waals surface area contributed by atoms with Gasteiger partial charge in [-0.2, -0.15) is 0 Å². The Morgan fingerprint density at radius 1 is 0.608 bits per heavy atom. The van der Waals surface area contributed by atoms with Crippen molar-refractivity contribution in [2.45, 2.75) is 242 Å². The topological polar surface area (TPSA) is 334 Å². The summed E-state index contributed by atoms with van der Waals surface area (Å²) in [6, 6.07) is 0. The van der Waals surface area contributed by atoms with E-state index in [0.29, 0.717) is 19.3 Å². The van der Waals surface area contributed by atoms with Crippen LogP contribution < -0.4 is 0 Å². The fourth-order valence-electron chi connectivity index (χ4n) is 16.3. The molecule has 9 aliphatic rings. The summed E-state index contributed by atoms with van der Waals surface area (Å²) >= 11 is 0. The molecule has 4 saturated carbocycles. The fourth-order valence-corrected chi connectivity index (χ4v) is 16.3. The van der Waals surface area contributed by atoms with Crippen molar-refractivity contribution in [2.24, 2.45) is 50.2 Å². The van der Waals surface area contributed by atoms with Gasteiger partial charge >= 0.3 is 5.97 Å². The Bertz CT molecular complexity index is 2040. The van der Waals surface area contributed by atoms with E-state index >= 15 is 0 Å². The Kier molecular flexibility index (Phi) is 15.8. The van der Waals surface area contributed by atoms with Crippen LogP contribution in [0.15, 0.2) is 11.6 Å². The largest absolute Gasteiger partial charge is 0.481 e. The zero-order chi connectivity index (χ0) is 54.0. The molecule has 27 atom stereocenters. The Hall–Kier alpha value is -1.55. The maximum Gasteiger partial charge on any atom is 0.310 e. The first kappa shape index (κ1) is 57.1. The van der Waals surface area contributed by atoms with Crippen molar-refractivity contribution < 1.29 is 104 Å². The van der Waals surface area contributed by atoms with E-state index in [-0.39, 0.29) is 39.4 Å². The lowest BCUT2D eigenvalue weighted by Crippen LogP contribution is -2.68. The van der Waals surface area contributed by atoms with E-state index in [1.807, 2.05) is 0 Å². The van der Waals surface area contributed by atoms with Gasteiger partial charge in [-0.3, -0.25) is 4.79 Å². The zero-order valence-corrected chi connectivity index (χ0v) is 44.1. The van der Waals surface area contributed by atoms with Crippen LogP contribution >= 0.6 is 0 Å². The summed E-state index contributed by atoms with van der Waals surface area (Å²) < 4.78 is 50.3. The van der Waals surface area contributed by atoms with Gasteiger partial charge in [0.15, 0.2) is 25.2 Å². The average Bonchev–Trinajstić information content (AvgIpc) is 3.35. The molecular weight excluding hydrogens is 973 g/mol. The van der Waals surface area contributed by atoms with E-state index in [1.165, 1.54) is 12.5 Å². The molecule has 0 aromatic heterocycles. The summed E-state index contributed by atoms with van der Waals surface area (Å²) in [6.07, 6.45) is -21.7. The summed E-state index contributed by atoms with van der Waals surface area (Å²) in [7, 11) is 0. The molecule has 4 heterocycles. The lowest BCUT2D eigenvalue weighted by Gasteiger charge is -2.71. The van der Waals surface area contributed by atoms with Crippen LogP contribution in [0.1, 0.15) is 120 Å². The van der Waals surface area contributed by atoms with Gasteiger partial charge in [0.05, 0.1) is 37.4 Å². The van der Waals surface area contributed by atoms with Crippen LogP contribution in [0.3, 0.4) is 0 Å². The second-order valence-electron chi connectivity index (χ2n) is 25.8. The SMILES string of the molecule is C[C@@H]1O[C@@H](O[C@H]2[C@H](O[C@H]3CC[C@]4(C)[C@H]5CC=C6[C@@H]7CC(C)(C)CC[C@]7(C(=O)O)CC[C@@]6(C)[C@]5(C)CC[C@H]4C3(C)C)OC[C@H](O[C@@H]3O[C@H](CO)[C@@H](O)[C@H](O)[C@H]3O)[C@@H]2O[C@@H]2O[C@H](CO)[C@@H](O)[C@H](O)[C@H]2O)[C@H](O)[C@H](O)[C@H]1O. The van der Waals surface area contributed by atoms with Crippen molar-refractivity contribution in [3.63, 3.8) is 0 Å². The predicted octanol–water partition coefficient (Wildman–Crippen LogP) is 0.197. The molecule has 0 aromatic rings. The molecule has 8 fully saturated rings. The quantitative estimate of drug-likeness (QED) is 0.0971. The second kappa shape index (κ2) is 20.5. The summed E-state index contributed by atoms with van der Waals surface area (Å²) in [4.78, 5) is 13.3. The summed E-state index contributed by atoms with van der Waals surface area (Å²) in [5.41, 5.74) is -0.413. The standard InChI is InChI=1S/C53H86O21/c1-23-32(56)35(59)38(62)43(68-23)74-42-41(73-45-40(64)37(61)34(58)27(21-55)70-45)28(71-44-39(63)36(60)33(57)26(20-54)69-44)22-67-46(42)72-31-12-13-50(6)29(49(31,4)5)11-14-52(8)30(50)10-9-24-25-19-48(2,3)15-17-53(25,47(65)66)18-16-51(24,52)7/h9,23,25-46,54-64H,10-22H2,1-8H3,(H,65,66)/t23-,25-,26+,27+,28-,29-,30+,31-,32-,33+,34+,35+,36-,37-,38+,39+,40+,41-,42+,43-,44-,45-,46-,50-,51+,52+,53-/m0/s1. The van der Waals surface area contributed by atoms with Gasteiger partial charge in [-0.1, -0.05) is 60.1 Å². The number of rotatable bonds is 11. The minimum absolute atomic E-state index is 0.0237. The highest BCUT2D eigenvalue weighted by Gasteiger charge is 2.70. The van der Waals surface area contributed by atoms with Crippen molar-refractivity contribution in [3.8, 4) is 0 Å². The smallest absolute Gasteiger partial charge is 0.310 e. The zero-order valence-electron chi connectivity index (χ0n) is 44.1. The number of allylic oxidation sites excluding steroid dienone is 2. The Morgan fingerprint density at radius 2 is 1.16 bits per heavy atom. The van der Waals surface area contributed by atoms with Gasteiger partial charge in [-0.25, -0.2) is 0 Å². The lowest BCUT2D eigenvalue weighted by molar-refractivity contribution is -0.402. The minimum atomic E-state index is -1.94. The summed E-state index contributed by atoms with van der Waals surface area (Å²) in [5, 5.41) is 129. The van der Waals surface area contributed by atoms with E-state index in [1.54, 1.807) is 0 Å². The molecule has 0 radical (unpaired) electrons. The molecule has 21 heteroatoms. The van der Waals surface area contributed by atoms with Crippen molar-refractivity contribution >= 4 is 5.97 Å². The van der Waals surface area contributed by atoms with E-state index in [0.717, 1.165) is 44.9 Å². The predicted molar refractivity (Wildman–Crippen MR) is 256 cm³/mol. The molecule has 12 N–H and O–H groups in total. The first-order valence-corrected chi connectivity index (χ1v) is 27.1. The third-order valence-corrected chi connectivity index (χ3v) is 21.1. The highest BCUT2D eigenvalue weighted by atomic mass is 16.8. The van der Waals surface area contributed by atoms with Gasteiger partial charge in [-0.15, -0.1) is 0 Å². The minimum Gasteiger partial charge on any atom is -0.481 e. The Balaban J connectivity index is 1.04. The number of hydrogen-bond donors (Lipinski definition) is 12. The summed E-state index contributed by atoms with van der Waals surface area (Å²) in [5.74, 6) is -0.308. The lowest BCUT2D eigenvalue weighted by atomic mass is 9.33. The molecule has 424 valence electrons. The van der Waals surface area contributed by atoms with Crippen LogP contribution in [0.25, 0.3) is 0 Å². The molecule has 0 amide bonds. The molecule has 0 aromatic carbocycles. The van der Waals surface area contributed by atoms with E-state index in [4.69, 9.17) is 37.9 Å². The van der Waals surface area contributed by atoms with Crippen molar-refractivity contribution in [3.05, 3.63) is 11.6 Å². The highest BCUT2D eigenvalue weighted by molar-refractivity contribution is 5.76. The van der Waals surface area contributed by atoms with Gasteiger partial charge in [0.25, 0.3) is 0 Å². The number of carboxylic acids is 1. The van der Waals surface area contributed by atoms with Gasteiger partial charge in [0, 0.05) is 0 Å². The van der Waals surface area contributed by atoms with Gasteiger partial charge in [0.1, 0.15) is 85.5 Å². The number of ether oxygens (including phenoxy) is 8. The van der Waals surface area contributed by atoms with Gasteiger partial charge < -0.3 is 99.2 Å². The maximum atomic E-state index is 13.3. The van der Waals surface area contributed by atoms with E-state index in [9.17, 15) is 66.1 Å². The third-order valence-electron chi connectivity index (χ3n) is 21.1. The van der Waals surface area contributed by atoms with Gasteiger partial charge in [-0.05, 0) is 116 Å². The maximum absolute atomic E-state index is 13.3. The van der Waals surface area contributed by atoms with Crippen LogP contribution in [0.4, 0.5) is 0 Å². The second-order valence-corrected chi connectivity index (χ2v) is 25.8. The summed E-state index contributed by atoms with van der Waals surface area (Å²) in [6.45, 7) is 15.6. The molecule has 0 spiro atoms. The monoisotopic (exact) mass is 1060 g/mol. The fraction of sp³-hybridized carbons (Fsp3) is 0.943. The average molecular weight is 1060 g/mol. The highest BCUT2D eigenvalue weighted by Crippen LogP contribution is 2.76. The van der Waals surface area contributed by atoms with Gasteiger partial charge in [0.2, 0.25) is 0 Å². The Labute approximate surface area is 433 Å². The number of aliphatic hydroxyl groups excluding tert-OH is 11. The number of carbonyl (C=O) groups is 1. The first-order valence-electron chi connectivity index (χ1n) is 27.1. The molecule has 9 rings (SSSR count). The van der Waals surface area contributed by atoms with Crippen LogP contribution in [0.5, 0.6) is 0 Å². The molecule has 4 aliphatic heterocycles. The number of aliphatic carboxylic acids is 1. The Morgan fingerprint density at radius 3 is 1.76 bits per heavy atom. The third kappa shape index (κ3) is 9.17. The van der Waals surface area contributed by atoms with Crippen LogP contribution in [-0.4, -0.2) is 210 Å². The van der Waals surface area contributed by atoms with Crippen molar-refractivity contribution in [1.29, 1.82) is 0 Å². The molecule has 4 saturated heterocycles. The molecule has 5 aliphatic carbocycles. The first-order chi connectivity index (χ1) is 34.6. The molecule has 21 nitrogen and oxygen atoms in total.